The lowest BCUT2D eigenvalue weighted by atomic mass is 10.2. The van der Waals surface area contributed by atoms with Gasteiger partial charge in [0.25, 0.3) is 0 Å². The molecular formula is C16H17ClIN3O3S. The molecule has 2 N–H and O–H groups in total. The van der Waals surface area contributed by atoms with Crippen molar-refractivity contribution in [3.63, 3.8) is 0 Å². The molecule has 1 aliphatic rings. The molecule has 0 saturated carbocycles. The predicted octanol–water partition coefficient (Wildman–Crippen LogP) is 2.74. The molecule has 25 heavy (non-hydrogen) atoms. The quantitative estimate of drug-likeness (QED) is 0.400. The average Bonchev–Trinajstić information content (AvgIpc) is 2.55. The van der Waals surface area contributed by atoms with Crippen LogP contribution in [0.25, 0.3) is 0 Å². The number of halogens is 2. The first-order valence-electron chi connectivity index (χ1n) is 7.62. The van der Waals surface area contributed by atoms with Crippen LogP contribution in [0.1, 0.15) is 5.56 Å². The third-order valence-electron chi connectivity index (χ3n) is 4.01. The van der Waals surface area contributed by atoms with E-state index >= 15 is 0 Å². The second kappa shape index (κ2) is 7.55. The molecule has 2 heterocycles. The number of nitrogens with two attached hydrogens (primary N) is 1. The number of rotatable bonds is 4. The van der Waals surface area contributed by atoms with Gasteiger partial charge in [-0.05, 0) is 46.9 Å². The molecule has 0 unspecified atom stereocenters. The van der Waals surface area contributed by atoms with Crippen molar-refractivity contribution in [1.82, 2.24) is 4.98 Å². The van der Waals surface area contributed by atoms with Gasteiger partial charge in [-0.2, -0.15) is 0 Å². The lowest BCUT2D eigenvalue weighted by molar-refractivity contribution is 0.307. The molecule has 1 aromatic heterocycles. The zero-order valence-corrected chi connectivity index (χ0v) is 17.0. The highest BCUT2D eigenvalue weighted by Crippen LogP contribution is 2.30. The standard InChI is InChI=1S/C16H17ClIN3O3S/c17-16-12(10-24-15-2-1-11(18)9-13(15)19)14(3-4-20-16)21-5-7-25(22,23)8-6-21/h1-4,9H,5-8,10,19H2. The Kier molecular flexibility index (Phi) is 5.59. The van der Waals surface area contributed by atoms with Gasteiger partial charge in [0.15, 0.2) is 9.84 Å². The number of ether oxygens (including phenoxy) is 1. The Bertz CT molecular complexity index is 878. The van der Waals surface area contributed by atoms with Crippen LogP contribution in [0.3, 0.4) is 0 Å². The van der Waals surface area contributed by atoms with Crippen molar-refractivity contribution in [2.45, 2.75) is 6.61 Å². The van der Waals surface area contributed by atoms with E-state index in [0.717, 1.165) is 14.8 Å². The van der Waals surface area contributed by atoms with E-state index in [0.29, 0.717) is 29.7 Å². The summed E-state index contributed by atoms with van der Waals surface area (Å²) in [6.07, 6.45) is 1.61. The molecule has 1 fully saturated rings. The van der Waals surface area contributed by atoms with Crippen molar-refractivity contribution >= 4 is 55.4 Å². The van der Waals surface area contributed by atoms with E-state index < -0.39 is 9.84 Å². The maximum Gasteiger partial charge on any atom is 0.153 e. The second-order valence-corrected chi connectivity index (χ2v) is 9.62. The molecule has 0 bridgehead atoms. The minimum Gasteiger partial charge on any atom is -0.487 e. The Labute approximate surface area is 165 Å². The molecule has 9 heteroatoms. The third kappa shape index (κ3) is 4.48. The first kappa shape index (κ1) is 18.5. The van der Waals surface area contributed by atoms with Gasteiger partial charge in [0, 0.05) is 28.5 Å². The monoisotopic (exact) mass is 493 g/mol. The van der Waals surface area contributed by atoms with Crippen molar-refractivity contribution < 1.29 is 13.2 Å². The van der Waals surface area contributed by atoms with Gasteiger partial charge in [-0.1, -0.05) is 11.6 Å². The maximum absolute atomic E-state index is 11.7. The summed E-state index contributed by atoms with van der Waals surface area (Å²) in [4.78, 5) is 6.12. The summed E-state index contributed by atoms with van der Waals surface area (Å²) in [5, 5.41) is 0.343. The average molecular weight is 494 g/mol. The van der Waals surface area contributed by atoms with E-state index in [1.165, 1.54) is 0 Å². The summed E-state index contributed by atoms with van der Waals surface area (Å²) in [6.45, 7) is 1.07. The van der Waals surface area contributed by atoms with Crippen LogP contribution in [0.5, 0.6) is 5.75 Å². The predicted molar refractivity (Wildman–Crippen MR) is 108 cm³/mol. The molecule has 1 aromatic carbocycles. The summed E-state index contributed by atoms with van der Waals surface area (Å²) in [5.74, 6) is 0.849. The SMILES string of the molecule is Nc1cc(I)ccc1OCc1c(N2CCS(=O)(=O)CC2)ccnc1Cl. The summed E-state index contributed by atoms with van der Waals surface area (Å²) < 4.78 is 30.2. The molecule has 3 rings (SSSR count). The number of nitrogens with zero attached hydrogens (tertiary/aromatic N) is 2. The number of sulfone groups is 1. The van der Waals surface area contributed by atoms with Crippen LogP contribution in [0.2, 0.25) is 5.15 Å². The van der Waals surface area contributed by atoms with Crippen molar-refractivity contribution in [3.8, 4) is 5.75 Å². The number of hydrogen-bond acceptors (Lipinski definition) is 6. The minimum absolute atomic E-state index is 0.136. The lowest BCUT2D eigenvalue weighted by Crippen LogP contribution is -2.40. The summed E-state index contributed by atoms with van der Waals surface area (Å²) in [5.41, 5.74) is 8.10. The first-order chi connectivity index (χ1) is 11.9. The van der Waals surface area contributed by atoms with E-state index in [2.05, 4.69) is 27.6 Å². The molecule has 0 aliphatic carbocycles. The number of nitrogen functional groups attached to an aromatic ring is 1. The first-order valence-corrected chi connectivity index (χ1v) is 10.9. The topological polar surface area (TPSA) is 85.5 Å². The fourth-order valence-electron chi connectivity index (χ4n) is 2.64. The van der Waals surface area contributed by atoms with Gasteiger partial charge in [-0.25, -0.2) is 13.4 Å². The van der Waals surface area contributed by atoms with Gasteiger partial charge in [0.05, 0.1) is 22.8 Å². The van der Waals surface area contributed by atoms with Gasteiger partial charge in [-0.15, -0.1) is 0 Å². The molecule has 1 saturated heterocycles. The largest absolute Gasteiger partial charge is 0.487 e. The number of benzene rings is 1. The molecular weight excluding hydrogens is 477 g/mol. The number of aromatic nitrogens is 1. The molecule has 0 amide bonds. The molecule has 134 valence electrons. The van der Waals surface area contributed by atoms with Crippen molar-refractivity contribution in [3.05, 3.63) is 44.7 Å². The lowest BCUT2D eigenvalue weighted by Gasteiger charge is -2.30. The van der Waals surface area contributed by atoms with E-state index in [-0.39, 0.29) is 18.1 Å². The van der Waals surface area contributed by atoms with Gasteiger partial charge in [0.1, 0.15) is 17.5 Å². The van der Waals surface area contributed by atoms with Crippen LogP contribution in [-0.4, -0.2) is 38.0 Å². The Balaban J connectivity index is 1.81. The smallest absolute Gasteiger partial charge is 0.153 e. The van der Waals surface area contributed by atoms with E-state index in [9.17, 15) is 8.42 Å². The van der Waals surface area contributed by atoms with Crippen LogP contribution in [0.15, 0.2) is 30.5 Å². The van der Waals surface area contributed by atoms with Crippen LogP contribution < -0.4 is 15.4 Å². The molecule has 0 radical (unpaired) electrons. The molecule has 6 nitrogen and oxygen atoms in total. The summed E-state index contributed by atoms with van der Waals surface area (Å²) in [7, 11) is -2.95. The van der Waals surface area contributed by atoms with Crippen molar-refractivity contribution in [2.75, 3.05) is 35.2 Å². The normalized spacial score (nSPS) is 16.6. The second-order valence-electron chi connectivity index (χ2n) is 5.71. The van der Waals surface area contributed by atoms with Crippen molar-refractivity contribution in [2.24, 2.45) is 0 Å². The Morgan fingerprint density at radius 3 is 2.68 bits per heavy atom. The van der Waals surface area contributed by atoms with Gasteiger partial charge >= 0.3 is 0 Å². The Morgan fingerprint density at radius 1 is 1.28 bits per heavy atom. The maximum atomic E-state index is 11.7. The van der Waals surface area contributed by atoms with Gasteiger partial charge in [0.2, 0.25) is 0 Å². The molecule has 1 aliphatic heterocycles. The highest BCUT2D eigenvalue weighted by molar-refractivity contribution is 14.1. The van der Waals surface area contributed by atoms with Crippen LogP contribution in [-0.2, 0) is 16.4 Å². The van der Waals surface area contributed by atoms with Crippen LogP contribution in [0, 0.1) is 3.57 Å². The summed E-state index contributed by atoms with van der Waals surface area (Å²) in [6, 6.07) is 7.39. The van der Waals surface area contributed by atoms with E-state index in [4.69, 9.17) is 22.1 Å². The molecule has 0 spiro atoms. The third-order valence-corrected chi connectivity index (χ3v) is 6.61. The van der Waals surface area contributed by atoms with Crippen molar-refractivity contribution in [1.29, 1.82) is 0 Å². The fraction of sp³-hybridized carbons (Fsp3) is 0.312. The van der Waals surface area contributed by atoms with E-state index in [1.54, 1.807) is 6.20 Å². The highest BCUT2D eigenvalue weighted by atomic mass is 127. The molecule has 0 atom stereocenters. The number of hydrogen-bond donors (Lipinski definition) is 1. The Morgan fingerprint density at radius 2 is 2.00 bits per heavy atom. The summed E-state index contributed by atoms with van der Waals surface area (Å²) >= 11 is 8.45. The number of anilines is 2. The Hall–Kier alpha value is -1.26. The van der Waals surface area contributed by atoms with E-state index in [1.807, 2.05) is 29.2 Å². The number of pyridine rings is 1. The minimum atomic E-state index is -2.95. The highest BCUT2D eigenvalue weighted by Gasteiger charge is 2.24. The molecule has 2 aromatic rings. The van der Waals surface area contributed by atoms with Gasteiger partial charge < -0.3 is 15.4 Å². The van der Waals surface area contributed by atoms with Crippen LogP contribution in [0.4, 0.5) is 11.4 Å². The zero-order valence-electron chi connectivity index (χ0n) is 13.3. The van der Waals surface area contributed by atoms with Gasteiger partial charge in [-0.3, -0.25) is 0 Å². The zero-order chi connectivity index (χ0) is 18.0. The van der Waals surface area contributed by atoms with Crippen LogP contribution >= 0.6 is 34.2 Å². The fourth-order valence-corrected chi connectivity index (χ4v) is 4.57.